The number of nitrogens with zero attached hydrogens (tertiary/aromatic N) is 4. The van der Waals surface area contributed by atoms with Gasteiger partial charge in [0.1, 0.15) is 6.61 Å². The van der Waals surface area contributed by atoms with E-state index in [-0.39, 0.29) is 30.6 Å². The molecule has 0 radical (unpaired) electrons. The van der Waals surface area contributed by atoms with Crippen molar-refractivity contribution in [2.75, 3.05) is 39.8 Å². The summed E-state index contributed by atoms with van der Waals surface area (Å²) < 4.78 is 5.77. The Morgan fingerprint density at radius 1 is 1.17 bits per heavy atom. The Bertz CT molecular complexity index is 861. The standard InChI is InChI=1S/C23H28N4O3/c1-25(13-19-9-5-6-11-24-19)16-22(28)26-14-20-21(15-26)30-17-23(29)27(20)12-10-18-7-3-2-4-8-18/h2-9,11,20-21H,10,12-17H2,1H3/t20-,21-/m0/s1. The lowest BCUT2D eigenvalue weighted by Gasteiger charge is -2.36. The number of hydrogen-bond acceptors (Lipinski definition) is 5. The van der Waals surface area contributed by atoms with E-state index in [0.717, 1.165) is 12.1 Å². The second kappa shape index (κ2) is 9.36. The molecule has 7 heteroatoms. The van der Waals surface area contributed by atoms with Gasteiger partial charge in [0, 0.05) is 32.4 Å². The van der Waals surface area contributed by atoms with Crippen molar-refractivity contribution in [3.8, 4) is 0 Å². The van der Waals surface area contributed by atoms with Gasteiger partial charge in [-0.3, -0.25) is 19.5 Å². The number of aromatic nitrogens is 1. The lowest BCUT2D eigenvalue weighted by Crippen LogP contribution is -2.54. The van der Waals surface area contributed by atoms with Gasteiger partial charge >= 0.3 is 0 Å². The lowest BCUT2D eigenvalue weighted by atomic mass is 10.1. The van der Waals surface area contributed by atoms with Crippen molar-refractivity contribution in [1.82, 2.24) is 19.7 Å². The third-order valence-corrected chi connectivity index (χ3v) is 5.78. The van der Waals surface area contributed by atoms with E-state index in [2.05, 4.69) is 17.1 Å². The molecule has 2 aromatic rings. The number of fused-ring (bicyclic) bond motifs is 1. The van der Waals surface area contributed by atoms with Crippen LogP contribution in [0.5, 0.6) is 0 Å². The Balaban J connectivity index is 1.33. The minimum atomic E-state index is -0.108. The normalized spacial score (nSPS) is 21.2. The third kappa shape index (κ3) is 4.86. The molecule has 2 fully saturated rings. The van der Waals surface area contributed by atoms with Crippen LogP contribution in [0.25, 0.3) is 0 Å². The molecule has 2 aliphatic heterocycles. The Labute approximate surface area is 177 Å². The minimum absolute atomic E-state index is 0.00810. The Morgan fingerprint density at radius 3 is 2.73 bits per heavy atom. The average Bonchev–Trinajstić information content (AvgIpc) is 3.19. The zero-order valence-electron chi connectivity index (χ0n) is 17.3. The minimum Gasteiger partial charge on any atom is -0.364 e. The molecule has 3 heterocycles. The van der Waals surface area contributed by atoms with Gasteiger partial charge in [-0.15, -0.1) is 0 Å². The van der Waals surface area contributed by atoms with Crippen molar-refractivity contribution in [2.45, 2.75) is 25.1 Å². The van der Waals surface area contributed by atoms with Crippen molar-refractivity contribution >= 4 is 11.8 Å². The summed E-state index contributed by atoms with van der Waals surface area (Å²) in [5, 5.41) is 0. The summed E-state index contributed by atoms with van der Waals surface area (Å²) >= 11 is 0. The highest BCUT2D eigenvalue weighted by Crippen LogP contribution is 2.24. The first kappa shape index (κ1) is 20.5. The molecule has 7 nitrogen and oxygen atoms in total. The molecule has 0 spiro atoms. The van der Waals surface area contributed by atoms with E-state index in [4.69, 9.17) is 4.74 Å². The first-order valence-electron chi connectivity index (χ1n) is 10.4. The predicted molar refractivity (Wildman–Crippen MR) is 113 cm³/mol. The van der Waals surface area contributed by atoms with E-state index in [1.54, 1.807) is 6.20 Å². The summed E-state index contributed by atoms with van der Waals surface area (Å²) in [6.45, 7) is 2.74. The van der Waals surface area contributed by atoms with Gasteiger partial charge in [-0.05, 0) is 31.2 Å². The molecule has 1 aromatic carbocycles. The van der Waals surface area contributed by atoms with Crippen LogP contribution >= 0.6 is 0 Å². The van der Waals surface area contributed by atoms with Crippen LogP contribution in [-0.2, 0) is 27.3 Å². The van der Waals surface area contributed by atoms with Crippen molar-refractivity contribution in [2.24, 2.45) is 0 Å². The van der Waals surface area contributed by atoms with Gasteiger partial charge in [-0.2, -0.15) is 0 Å². The molecule has 2 saturated heterocycles. The zero-order valence-corrected chi connectivity index (χ0v) is 17.3. The van der Waals surface area contributed by atoms with E-state index in [9.17, 15) is 9.59 Å². The van der Waals surface area contributed by atoms with E-state index in [0.29, 0.717) is 32.7 Å². The number of amides is 2. The van der Waals surface area contributed by atoms with Crippen LogP contribution in [0.4, 0.5) is 0 Å². The molecular weight excluding hydrogens is 380 g/mol. The number of likely N-dealkylation sites (tertiary alicyclic amines) is 1. The second-order valence-corrected chi connectivity index (χ2v) is 8.03. The van der Waals surface area contributed by atoms with Crippen molar-refractivity contribution in [3.63, 3.8) is 0 Å². The Kier molecular flexibility index (Phi) is 6.40. The number of rotatable bonds is 7. The maximum absolute atomic E-state index is 12.9. The van der Waals surface area contributed by atoms with E-state index in [1.165, 1.54) is 5.56 Å². The number of morpholine rings is 1. The number of ether oxygens (including phenoxy) is 1. The van der Waals surface area contributed by atoms with Crippen LogP contribution in [-0.4, -0.2) is 83.5 Å². The van der Waals surface area contributed by atoms with Gasteiger partial charge in [-0.25, -0.2) is 0 Å². The number of likely N-dealkylation sites (N-methyl/N-ethyl adjacent to an activating group) is 1. The molecule has 0 saturated carbocycles. The number of carbonyl (C=O) groups is 2. The molecule has 0 N–H and O–H groups in total. The number of benzene rings is 1. The molecule has 4 rings (SSSR count). The molecule has 2 atom stereocenters. The molecular formula is C23H28N4O3. The number of carbonyl (C=O) groups excluding carboxylic acids is 2. The predicted octanol–water partition coefficient (Wildman–Crippen LogP) is 1.19. The summed E-state index contributed by atoms with van der Waals surface area (Å²) in [5.41, 5.74) is 2.14. The van der Waals surface area contributed by atoms with Crippen molar-refractivity contribution in [1.29, 1.82) is 0 Å². The summed E-state index contributed by atoms with van der Waals surface area (Å²) in [5.74, 6) is 0.0654. The van der Waals surface area contributed by atoms with E-state index < -0.39 is 0 Å². The highest BCUT2D eigenvalue weighted by Gasteiger charge is 2.44. The fourth-order valence-corrected chi connectivity index (χ4v) is 4.21. The van der Waals surface area contributed by atoms with Gasteiger partial charge in [-0.1, -0.05) is 36.4 Å². The molecule has 1 aromatic heterocycles. The largest absolute Gasteiger partial charge is 0.364 e. The van der Waals surface area contributed by atoms with Gasteiger partial charge in [0.15, 0.2) is 0 Å². The number of hydrogen-bond donors (Lipinski definition) is 0. The third-order valence-electron chi connectivity index (χ3n) is 5.78. The molecule has 2 amide bonds. The van der Waals surface area contributed by atoms with Gasteiger partial charge < -0.3 is 14.5 Å². The van der Waals surface area contributed by atoms with E-state index >= 15 is 0 Å². The van der Waals surface area contributed by atoms with Crippen LogP contribution in [0.15, 0.2) is 54.7 Å². The topological polar surface area (TPSA) is 66.0 Å². The van der Waals surface area contributed by atoms with Crippen LogP contribution in [0.1, 0.15) is 11.3 Å². The first-order chi connectivity index (χ1) is 14.6. The number of pyridine rings is 1. The SMILES string of the molecule is CN(CC(=O)N1C[C@@H]2OCC(=O)N(CCc3ccccc3)[C@H]2C1)Cc1ccccn1. The molecule has 0 aliphatic carbocycles. The quantitative estimate of drug-likeness (QED) is 0.689. The van der Waals surface area contributed by atoms with Crippen molar-refractivity contribution in [3.05, 3.63) is 66.0 Å². The van der Waals surface area contributed by atoms with Crippen LogP contribution in [0, 0.1) is 0 Å². The Hall–Kier alpha value is -2.77. The molecule has 30 heavy (non-hydrogen) atoms. The van der Waals surface area contributed by atoms with Crippen LogP contribution in [0.2, 0.25) is 0 Å². The highest BCUT2D eigenvalue weighted by atomic mass is 16.5. The maximum Gasteiger partial charge on any atom is 0.248 e. The van der Waals surface area contributed by atoms with E-state index in [1.807, 2.05) is 58.1 Å². The lowest BCUT2D eigenvalue weighted by molar-refractivity contribution is -0.152. The Morgan fingerprint density at radius 2 is 1.97 bits per heavy atom. The smallest absolute Gasteiger partial charge is 0.248 e. The summed E-state index contributed by atoms with van der Waals surface area (Å²) in [6, 6.07) is 15.9. The second-order valence-electron chi connectivity index (χ2n) is 8.03. The van der Waals surface area contributed by atoms with Gasteiger partial charge in [0.25, 0.3) is 0 Å². The summed E-state index contributed by atoms with van der Waals surface area (Å²) in [4.78, 5) is 35.4. The molecule has 0 bridgehead atoms. The highest BCUT2D eigenvalue weighted by molar-refractivity contribution is 5.81. The van der Waals surface area contributed by atoms with Gasteiger partial charge in [0.2, 0.25) is 11.8 Å². The first-order valence-corrected chi connectivity index (χ1v) is 10.4. The van der Waals surface area contributed by atoms with Crippen LogP contribution < -0.4 is 0 Å². The van der Waals surface area contributed by atoms with Crippen LogP contribution in [0.3, 0.4) is 0 Å². The maximum atomic E-state index is 12.9. The average molecular weight is 409 g/mol. The summed E-state index contributed by atoms with van der Waals surface area (Å²) in [7, 11) is 1.92. The zero-order chi connectivity index (χ0) is 20.9. The monoisotopic (exact) mass is 408 g/mol. The molecule has 2 aliphatic rings. The van der Waals surface area contributed by atoms with Crippen molar-refractivity contribution < 1.29 is 14.3 Å². The van der Waals surface area contributed by atoms with Gasteiger partial charge in [0.05, 0.1) is 24.4 Å². The fraction of sp³-hybridized carbons (Fsp3) is 0.435. The summed E-state index contributed by atoms with van der Waals surface area (Å²) in [6.07, 6.45) is 2.45. The molecule has 158 valence electrons. The molecule has 0 unspecified atom stereocenters. The fourth-order valence-electron chi connectivity index (χ4n) is 4.21.